The van der Waals surface area contributed by atoms with E-state index < -0.39 is 0 Å². The average Bonchev–Trinajstić information content (AvgIpc) is 3.41. The van der Waals surface area contributed by atoms with Gasteiger partial charge >= 0.3 is 0 Å². The lowest BCUT2D eigenvalue weighted by Gasteiger charge is -2.07. The molecule has 0 fully saturated rings. The van der Waals surface area contributed by atoms with Crippen molar-refractivity contribution < 1.29 is 0 Å². The molecule has 2 aromatic heterocycles. The van der Waals surface area contributed by atoms with Crippen molar-refractivity contribution >= 4 is 39.2 Å². The van der Waals surface area contributed by atoms with Crippen LogP contribution >= 0.6 is 27.3 Å². The first-order chi connectivity index (χ1) is 18.3. The van der Waals surface area contributed by atoms with Crippen LogP contribution in [0, 0.1) is 6.92 Å². The predicted molar refractivity (Wildman–Crippen MR) is 160 cm³/mol. The summed E-state index contributed by atoms with van der Waals surface area (Å²) in [6.07, 6.45) is 1.83. The molecule has 0 saturated heterocycles. The van der Waals surface area contributed by atoms with Gasteiger partial charge in [0.05, 0.1) is 23.3 Å². The van der Waals surface area contributed by atoms with Crippen molar-refractivity contribution in [1.29, 1.82) is 0 Å². The highest BCUT2D eigenvalue weighted by Crippen LogP contribution is 2.28. The highest BCUT2D eigenvalue weighted by Gasteiger charge is 2.17. The predicted octanol–water partition coefficient (Wildman–Crippen LogP) is 7.01. The second-order valence-corrected chi connectivity index (χ2v) is 11.0. The maximum Gasteiger partial charge on any atom is 0.297 e. The lowest BCUT2D eigenvalue weighted by Crippen LogP contribution is -2.19. The van der Waals surface area contributed by atoms with E-state index in [-0.39, 0.29) is 5.56 Å². The monoisotopic (exact) mass is 585 g/mol. The van der Waals surface area contributed by atoms with E-state index in [9.17, 15) is 4.79 Å². The van der Waals surface area contributed by atoms with Crippen molar-refractivity contribution in [3.8, 4) is 16.9 Å². The Balaban J connectivity index is 1.67. The molecule has 0 saturated carbocycles. The molecule has 38 heavy (non-hydrogen) atoms. The molecular weight excluding hydrogens is 558 g/mol. The Morgan fingerprint density at radius 2 is 1.63 bits per heavy atom. The summed E-state index contributed by atoms with van der Waals surface area (Å²) < 4.78 is 6.24. The fourth-order valence-corrected chi connectivity index (χ4v) is 5.53. The summed E-state index contributed by atoms with van der Waals surface area (Å²) in [5.41, 5.74) is 5.92. The van der Waals surface area contributed by atoms with Crippen LogP contribution in [0.15, 0.2) is 104 Å². The van der Waals surface area contributed by atoms with Gasteiger partial charge in [-0.15, -0.1) is 11.3 Å². The zero-order chi connectivity index (χ0) is 26.8. The molecule has 5 rings (SSSR count). The zero-order valence-electron chi connectivity index (χ0n) is 21.7. The van der Waals surface area contributed by atoms with Crippen molar-refractivity contribution in [2.75, 3.05) is 0 Å². The average molecular weight is 587 g/mol. The molecule has 0 spiro atoms. The second-order valence-electron chi connectivity index (χ2n) is 9.28. The number of benzene rings is 3. The van der Waals surface area contributed by atoms with Gasteiger partial charge < -0.3 is 0 Å². The van der Waals surface area contributed by atoms with Crippen LogP contribution in [-0.4, -0.2) is 20.3 Å². The van der Waals surface area contributed by atoms with Crippen LogP contribution in [0.1, 0.15) is 36.6 Å². The van der Waals surface area contributed by atoms with E-state index in [1.165, 1.54) is 16.9 Å². The van der Waals surface area contributed by atoms with Crippen LogP contribution in [0.3, 0.4) is 0 Å². The van der Waals surface area contributed by atoms with Crippen LogP contribution in [0.2, 0.25) is 0 Å². The number of para-hydroxylation sites is 1. The largest absolute Gasteiger partial charge is 0.297 e. The van der Waals surface area contributed by atoms with Crippen LogP contribution in [0.4, 0.5) is 5.69 Å². The molecule has 0 aliphatic rings. The third kappa shape index (κ3) is 5.01. The summed E-state index contributed by atoms with van der Waals surface area (Å²) >= 11 is 5.12. The van der Waals surface area contributed by atoms with Gasteiger partial charge in [-0.05, 0) is 42.2 Å². The number of thiazole rings is 1. The summed E-state index contributed by atoms with van der Waals surface area (Å²) in [6, 6.07) is 26.0. The number of nitrogens with zero attached hydrogens (tertiary/aromatic N) is 5. The standard InChI is InChI=1S/C30H28BrN5OS/c1-20(2)23-16-14-22(15-17-23)18-32-35-27(25-12-8-9-13-26(25)31)19-38-30(35)33-28-21(3)34(4)36(29(28)37)24-10-6-5-7-11-24/h5-20H,1-4H3. The van der Waals surface area contributed by atoms with Gasteiger partial charge in [-0.2, -0.15) is 5.10 Å². The van der Waals surface area contributed by atoms with Gasteiger partial charge in [0.1, 0.15) is 0 Å². The van der Waals surface area contributed by atoms with Gasteiger partial charge in [0, 0.05) is 22.5 Å². The number of rotatable bonds is 6. The molecule has 0 radical (unpaired) electrons. The number of hydrogen-bond donors (Lipinski definition) is 0. The minimum absolute atomic E-state index is 0.174. The van der Waals surface area contributed by atoms with Gasteiger partial charge in [-0.3, -0.25) is 9.48 Å². The summed E-state index contributed by atoms with van der Waals surface area (Å²) in [5, 5.41) is 6.86. The van der Waals surface area contributed by atoms with Crippen molar-refractivity contribution in [1.82, 2.24) is 14.0 Å². The number of hydrogen-bond acceptors (Lipinski definition) is 4. The first-order valence-corrected chi connectivity index (χ1v) is 14.0. The van der Waals surface area contributed by atoms with E-state index >= 15 is 0 Å². The molecule has 0 aliphatic heterocycles. The minimum Gasteiger partial charge on any atom is -0.283 e. The fraction of sp³-hybridized carbons (Fsp3) is 0.167. The fourth-order valence-electron chi connectivity index (χ4n) is 4.21. The van der Waals surface area contributed by atoms with Gasteiger partial charge in [0.15, 0.2) is 5.69 Å². The number of halogens is 1. The molecular formula is C30H28BrN5OS. The lowest BCUT2D eigenvalue weighted by molar-refractivity contribution is 0.630. The molecule has 0 unspecified atom stereocenters. The summed E-state index contributed by atoms with van der Waals surface area (Å²) in [7, 11) is 1.87. The molecule has 0 N–H and O–H groups in total. The minimum atomic E-state index is -0.174. The second kappa shape index (κ2) is 10.9. The molecule has 0 bridgehead atoms. The van der Waals surface area contributed by atoms with E-state index in [2.05, 4.69) is 54.0 Å². The summed E-state index contributed by atoms with van der Waals surface area (Å²) in [6.45, 7) is 6.27. The van der Waals surface area contributed by atoms with Crippen molar-refractivity contribution in [3.63, 3.8) is 0 Å². The zero-order valence-corrected chi connectivity index (χ0v) is 24.1. The Kier molecular flexibility index (Phi) is 7.44. The Morgan fingerprint density at radius 1 is 0.947 bits per heavy atom. The number of aromatic nitrogens is 3. The lowest BCUT2D eigenvalue weighted by atomic mass is 10.0. The summed E-state index contributed by atoms with van der Waals surface area (Å²) in [5.74, 6) is 0.466. The van der Waals surface area contributed by atoms with Crippen LogP contribution in [0.25, 0.3) is 16.9 Å². The Morgan fingerprint density at radius 3 is 2.32 bits per heavy atom. The van der Waals surface area contributed by atoms with E-state index in [0.29, 0.717) is 16.4 Å². The molecule has 2 heterocycles. The van der Waals surface area contributed by atoms with Gasteiger partial charge in [-0.25, -0.2) is 14.4 Å². The van der Waals surface area contributed by atoms with E-state index in [0.717, 1.165) is 32.7 Å². The SMILES string of the molecule is Cc1c(N=c2scc(-c3ccccc3Br)n2N=Cc2ccc(C(C)C)cc2)c(=O)n(-c2ccccc2)n1C. The van der Waals surface area contributed by atoms with Crippen molar-refractivity contribution in [3.05, 3.63) is 121 Å². The highest BCUT2D eigenvalue weighted by molar-refractivity contribution is 9.10. The molecule has 8 heteroatoms. The van der Waals surface area contributed by atoms with Crippen LogP contribution in [0.5, 0.6) is 0 Å². The quantitative estimate of drug-likeness (QED) is 0.198. The van der Waals surface area contributed by atoms with Crippen LogP contribution in [-0.2, 0) is 7.05 Å². The first kappa shape index (κ1) is 25.9. The van der Waals surface area contributed by atoms with Gasteiger partial charge in [0.2, 0.25) is 4.80 Å². The normalized spacial score (nSPS) is 12.2. The third-order valence-corrected chi connectivity index (χ3v) is 8.00. The molecule has 192 valence electrons. The Hall–Kier alpha value is -3.75. The molecule has 3 aromatic carbocycles. The van der Waals surface area contributed by atoms with Crippen LogP contribution < -0.4 is 10.4 Å². The van der Waals surface area contributed by atoms with Crippen molar-refractivity contribution in [2.45, 2.75) is 26.7 Å². The molecule has 0 amide bonds. The molecule has 6 nitrogen and oxygen atoms in total. The van der Waals surface area contributed by atoms with Crippen molar-refractivity contribution in [2.24, 2.45) is 17.1 Å². The first-order valence-electron chi connectivity index (χ1n) is 12.3. The van der Waals surface area contributed by atoms with E-state index in [4.69, 9.17) is 10.1 Å². The molecule has 0 atom stereocenters. The third-order valence-electron chi connectivity index (χ3n) is 6.49. The smallest absolute Gasteiger partial charge is 0.283 e. The van der Waals surface area contributed by atoms with E-state index in [1.54, 1.807) is 9.36 Å². The van der Waals surface area contributed by atoms with Gasteiger partial charge in [-0.1, -0.05) is 90.4 Å². The Labute approximate surface area is 234 Å². The maximum absolute atomic E-state index is 13.5. The summed E-state index contributed by atoms with van der Waals surface area (Å²) in [4.78, 5) is 19.0. The topological polar surface area (TPSA) is 56.6 Å². The molecule has 5 aromatic rings. The highest BCUT2D eigenvalue weighted by atomic mass is 79.9. The molecule has 0 aliphatic carbocycles. The maximum atomic E-state index is 13.5. The van der Waals surface area contributed by atoms with E-state index in [1.807, 2.05) is 84.8 Å². The van der Waals surface area contributed by atoms with Gasteiger partial charge in [0.25, 0.3) is 5.56 Å². The Bertz CT molecular complexity index is 1740.